The van der Waals surface area contributed by atoms with E-state index in [0.29, 0.717) is 6.04 Å². The Hall–Kier alpha value is -0.860. The van der Waals surface area contributed by atoms with Gasteiger partial charge in [0.2, 0.25) is 0 Å². The van der Waals surface area contributed by atoms with Gasteiger partial charge in [0, 0.05) is 13.2 Å². The summed E-state index contributed by atoms with van der Waals surface area (Å²) in [7, 11) is 1.81. The molecule has 0 saturated heterocycles. The summed E-state index contributed by atoms with van der Waals surface area (Å²) in [5, 5.41) is 3.66. The second-order valence-electron chi connectivity index (χ2n) is 5.34. The van der Waals surface area contributed by atoms with Crippen molar-refractivity contribution in [3.05, 3.63) is 35.9 Å². The lowest BCUT2D eigenvalue weighted by atomic mass is 10.0. The SMILES string of the molecule is CCCNC(C(C)OC)C1CC1c1ccccc1. The van der Waals surface area contributed by atoms with Gasteiger partial charge in [-0.3, -0.25) is 0 Å². The van der Waals surface area contributed by atoms with Crippen molar-refractivity contribution in [2.75, 3.05) is 13.7 Å². The maximum atomic E-state index is 5.53. The maximum absolute atomic E-state index is 5.53. The first-order valence-corrected chi connectivity index (χ1v) is 7.09. The van der Waals surface area contributed by atoms with Gasteiger partial charge in [0.15, 0.2) is 0 Å². The van der Waals surface area contributed by atoms with Crippen LogP contribution in [0.5, 0.6) is 0 Å². The number of benzene rings is 1. The summed E-state index contributed by atoms with van der Waals surface area (Å²) in [6.45, 7) is 5.47. The standard InChI is InChI=1S/C16H25NO/c1-4-10-17-16(12(2)18-3)15-11-14(15)13-8-6-5-7-9-13/h5-9,12,14-17H,4,10-11H2,1-3H3. The zero-order valence-electron chi connectivity index (χ0n) is 11.7. The second-order valence-corrected chi connectivity index (χ2v) is 5.34. The highest BCUT2D eigenvalue weighted by molar-refractivity contribution is 5.27. The molecule has 1 aliphatic rings. The van der Waals surface area contributed by atoms with Crippen LogP contribution in [0.4, 0.5) is 0 Å². The van der Waals surface area contributed by atoms with E-state index >= 15 is 0 Å². The number of hydrogen-bond donors (Lipinski definition) is 1. The van der Waals surface area contributed by atoms with Gasteiger partial charge in [-0.05, 0) is 43.7 Å². The fraction of sp³-hybridized carbons (Fsp3) is 0.625. The molecule has 1 N–H and O–H groups in total. The summed E-state index contributed by atoms with van der Waals surface area (Å²) in [4.78, 5) is 0. The zero-order valence-corrected chi connectivity index (χ0v) is 11.7. The Morgan fingerprint density at radius 3 is 2.67 bits per heavy atom. The highest BCUT2D eigenvalue weighted by Crippen LogP contribution is 2.50. The van der Waals surface area contributed by atoms with Crippen LogP contribution in [0.15, 0.2) is 30.3 Å². The molecule has 1 saturated carbocycles. The molecule has 2 nitrogen and oxygen atoms in total. The molecule has 4 unspecified atom stereocenters. The van der Waals surface area contributed by atoms with E-state index < -0.39 is 0 Å². The van der Waals surface area contributed by atoms with Gasteiger partial charge in [0.25, 0.3) is 0 Å². The molecule has 1 aromatic carbocycles. The molecule has 2 heteroatoms. The monoisotopic (exact) mass is 247 g/mol. The van der Waals surface area contributed by atoms with Crippen LogP contribution < -0.4 is 5.32 Å². The third-order valence-corrected chi connectivity index (χ3v) is 4.04. The molecule has 1 aliphatic carbocycles. The van der Waals surface area contributed by atoms with Crippen LogP contribution in [0.3, 0.4) is 0 Å². The van der Waals surface area contributed by atoms with Gasteiger partial charge in [0.05, 0.1) is 6.10 Å². The lowest BCUT2D eigenvalue weighted by molar-refractivity contribution is 0.0749. The van der Waals surface area contributed by atoms with Gasteiger partial charge in [-0.15, -0.1) is 0 Å². The van der Waals surface area contributed by atoms with Gasteiger partial charge in [-0.2, -0.15) is 0 Å². The molecule has 0 aromatic heterocycles. The number of hydrogen-bond acceptors (Lipinski definition) is 2. The van der Waals surface area contributed by atoms with E-state index in [2.05, 4.69) is 49.5 Å². The molecule has 2 rings (SSSR count). The Morgan fingerprint density at radius 2 is 2.06 bits per heavy atom. The van der Waals surface area contributed by atoms with Crippen molar-refractivity contribution in [1.82, 2.24) is 5.32 Å². The molecule has 0 spiro atoms. The van der Waals surface area contributed by atoms with E-state index in [-0.39, 0.29) is 6.10 Å². The van der Waals surface area contributed by atoms with Crippen LogP contribution in [-0.2, 0) is 4.74 Å². The smallest absolute Gasteiger partial charge is 0.0699 e. The molecular formula is C16H25NO. The average Bonchev–Trinajstić information content (AvgIpc) is 3.20. The van der Waals surface area contributed by atoms with Crippen LogP contribution in [0.2, 0.25) is 0 Å². The Bertz CT molecular complexity index is 351. The van der Waals surface area contributed by atoms with Crippen molar-refractivity contribution < 1.29 is 4.74 Å². The summed E-state index contributed by atoms with van der Waals surface area (Å²) in [6.07, 6.45) is 2.75. The molecule has 0 heterocycles. The molecule has 0 radical (unpaired) electrons. The molecule has 0 aliphatic heterocycles. The van der Waals surface area contributed by atoms with Gasteiger partial charge < -0.3 is 10.1 Å². The van der Waals surface area contributed by atoms with Gasteiger partial charge >= 0.3 is 0 Å². The first kappa shape index (κ1) is 13.6. The largest absolute Gasteiger partial charge is 0.380 e. The topological polar surface area (TPSA) is 21.3 Å². The third kappa shape index (κ3) is 3.12. The Labute approximate surface area is 111 Å². The third-order valence-electron chi connectivity index (χ3n) is 4.04. The normalized spacial score (nSPS) is 25.7. The second kappa shape index (κ2) is 6.35. The van der Waals surface area contributed by atoms with Gasteiger partial charge in [0.1, 0.15) is 0 Å². The van der Waals surface area contributed by atoms with Crippen molar-refractivity contribution in [1.29, 1.82) is 0 Å². The molecule has 4 atom stereocenters. The minimum absolute atomic E-state index is 0.287. The van der Waals surface area contributed by atoms with Crippen LogP contribution in [0.1, 0.15) is 38.2 Å². The quantitative estimate of drug-likeness (QED) is 0.799. The minimum atomic E-state index is 0.287. The number of nitrogens with one attached hydrogen (secondary N) is 1. The van der Waals surface area contributed by atoms with Gasteiger partial charge in [-0.25, -0.2) is 0 Å². The highest BCUT2D eigenvalue weighted by Gasteiger charge is 2.45. The van der Waals surface area contributed by atoms with Crippen LogP contribution in [0, 0.1) is 5.92 Å². The number of ether oxygens (including phenoxy) is 1. The van der Waals surface area contributed by atoms with E-state index in [1.807, 2.05) is 7.11 Å². The lowest BCUT2D eigenvalue weighted by Gasteiger charge is -2.24. The van der Waals surface area contributed by atoms with E-state index in [0.717, 1.165) is 18.4 Å². The van der Waals surface area contributed by atoms with Crippen LogP contribution >= 0.6 is 0 Å². The maximum Gasteiger partial charge on any atom is 0.0699 e. The predicted molar refractivity (Wildman–Crippen MR) is 75.8 cm³/mol. The van der Waals surface area contributed by atoms with E-state index in [1.165, 1.54) is 18.4 Å². The van der Waals surface area contributed by atoms with Crippen molar-refractivity contribution in [2.24, 2.45) is 5.92 Å². The predicted octanol–water partition coefficient (Wildman–Crippen LogP) is 3.19. The summed E-state index contributed by atoms with van der Waals surface area (Å²) >= 11 is 0. The first-order valence-electron chi connectivity index (χ1n) is 7.09. The summed E-state index contributed by atoms with van der Waals surface area (Å²) in [5.74, 6) is 1.45. The van der Waals surface area contributed by atoms with Crippen molar-refractivity contribution >= 4 is 0 Å². The Kier molecular flexibility index (Phi) is 4.79. The minimum Gasteiger partial charge on any atom is -0.380 e. The Morgan fingerprint density at radius 1 is 1.33 bits per heavy atom. The molecule has 0 bridgehead atoms. The molecule has 1 aromatic rings. The first-order chi connectivity index (χ1) is 8.77. The van der Waals surface area contributed by atoms with Crippen molar-refractivity contribution in [3.8, 4) is 0 Å². The van der Waals surface area contributed by atoms with Crippen molar-refractivity contribution in [3.63, 3.8) is 0 Å². The number of rotatable bonds is 7. The van der Waals surface area contributed by atoms with E-state index in [4.69, 9.17) is 4.74 Å². The highest BCUT2D eigenvalue weighted by atomic mass is 16.5. The lowest BCUT2D eigenvalue weighted by Crippen LogP contribution is -2.41. The molecule has 1 fully saturated rings. The fourth-order valence-electron chi connectivity index (χ4n) is 2.82. The molecule has 100 valence electrons. The fourth-order valence-corrected chi connectivity index (χ4v) is 2.82. The zero-order chi connectivity index (χ0) is 13.0. The molecule has 0 amide bonds. The van der Waals surface area contributed by atoms with E-state index in [9.17, 15) is 0 Å². The summed E-state index contributed by atoms with van der Waals surface area (Å²) < 4.78 is 5.53. The summed E-state index contributed by atoms with van der Waals surface area (Å²) in [5.41, 5.74) is 1.48. The van der Waals surface area contributed by atoms with Crippen LogP contribution in [-0.4, -0.2) is 25.8 Å². The number of methoxy groups -OCH3 is 1. The summed E-state index contributed by atoms with van der Waals surface area (Å²) in [6, 6.07) is 11.3. The molecular weight excluding hydrogens is 222 g/mol. The Balaban J connectivity index is 1.97. The van der Waals surface area contributed by atoms with Crippen molar-refractivity contribution in [2.45, 2.75) is 44.8 Å². The van der Waals surface area contributed by atoms with E-state index in [1.54, 1.807) is 0 Å². The van der Waals surface area contributed by atoms with Gasteiger partial charge in [-0.1, -0.05) is 37.3 Å². The van der Waals surface area contributed by atoms with Crippen LogP contribution in [0.25, 0.3) is 0 Å². The average molecular weight is 247 g/mol. The molecule has 18 heavy (non-hydrogen) atoms.